The molecule has 3 heterocycles. The van der Waals surface area contributed by atoms with Crippen LogP contribution in [0.3, 0.4) is 0 Å². The Hall–Kier alpha value is -1.36. The lowest BCUT2D eigenvalue weighted by Crippen LogP contribution is -2.45. The monoisotopic (exact) mass is 304 g/mol. The molecular weight excluding hydrogens is 276 g/mol. The van der Waals surface area contributed by atoms with E-state index in [-0.39, 0.29) is 0 Å². The standard InChI is InChI=1S/C17H28N4O/c1-14(2)10-20-8-6-17(11-20)5-4-7-21(12-17)15-9-16(22-3)19-13-18-15/h9,13-14H,4-8,10-12H2,1-3H3. The van der Waals surface area contributed by atoms with Crippen molar-refractivity contribution in [3.8, 4) is 5.88 Å². The van der Waals surface area contributed by atoms with Gasteiger partial charge in [0.15, 0.2) is 0 Å². The van der Waals surface area contributed by atoms with Gasteiger partial charge in [-0.1, -0.05) is 13.8 Å². The van der Waals surface area contributed by atoms with Gasteiger partial charge in [-0.2, -0.15) is 0 Å². The maximum absolute atomic E-state index is 5.24. The van der Waals surface area contributed by atoms with E-state index in [4.69, 9.17) is 4.74 Å². The topological polar surface area (TPSA) is 41.5 Å². The van der Waals surface area contributed by atoms with Gasteiger partial charge < -0.3 is 14.5 Å². The average molecular weight is 304 g/mol. The fraction of sp³-hybridized carbons (Fsp3) is 0.765. The third-order valence-electron chi connectivity index (χ3n) is 4.96. The highest BCUT2D eigenvalue weighted by molar-refractivity contribution is 5.41. The molecule has 1 aromatic heterocycles. The van der Waals surface area contributed by atoms with Crippen LogP contribution in [0.4, 0.5) is 5.82 Å². The molecule has 0 N–H and O–H groups in total. The van der Waals surface area contributed by atoms with Gasteiger partial charge >= 0.3 is 0 Å². The third-order valence-corrected chi connectivity index (χ3v) is 4.96. The summed E-state index contributed by atoms with van der Waals surface area (Å²) < 4.78 is 5.24. The number of likely N-dealkylation sites (tertiary alicyclic amines) is 1. The highest BCUT2D eigenvalue weighted by Gasteiger charge is 2.41. The van der Waals surface area contributed by atoms with Crippen LogP contribution in [-0.4, -0.2) is 54.7 Å². The molecule has 22 heavy (non-hydrogen) atoms. The molecule has 122 valence electrons. The SMILES string of the molecule is COc1cc(N2CCCC3(CCN(CC(C)C)C3)C2)ncn1. The number of rotatable bonds is 4. The zero-order chi connectivity index (χ0) is 15.6. The van der Waals surface area contributed by atoms with Gasteiger partial charge in [0, 0.05) is 37.7 Å². The first kappa shape index (κ1) is 15.5. The molecule has 0 saturated carbocycles. The molecule has 0 amide bonds. The van der Waals surface area contributed by atoms with Gasteiger partial charge in [-0.05, 0) is 31.7 Å². The largest absolute Gasteiger partial charge is 0.481 e. The molecule has 5 nitrogen and oxygen atoms in total. The van der Waals surface area contributed by atoms with Crippen LogP contribution in [0.2, 0.25) is 0 Å². The number of hydrogen-bond donors (Lipinski definition) is 0. The Morgan fingerprint density at radius 3 is 2.86 bits per heavy atom. The first-order chi connectivity index (χ1) is 10.6. The van der Waals surface area contributed by atoms with Crippen molar-refractivity contribution in [3.05, 3.63) is 12.4 Å². The normalized spacial score (nSPS) is 26.1. The van der Waals surface area contributed by atoms with Crippen molar-refractivity contribution in [1.82, 2.24) is 14.9 Å². The van der Waals surface area contributed by atoms with Gasteiger partial charge in [-0.3, -0.25) is 0 Å². The summed E-state index contributed by atoms with van der Waals surface area (Å²) in [6, 6.07) is 1.96. The van der Waals surface area contributed by atoms with E-state index in [1.54, 1.807) is 13.4 Å². The minimum absolute atomic E-state index is 0.450. The summed E-state index contributed by atoms with van der Waals surface area (Å²) in [6.45, 7) is 10.5. The second-order valence-corrected chi connectivity index (χ2v) is 7.32. The van der Waals surface area contributed by atoms with Crippen molar-refractivity contribution in [3.63, 3.8) is 0 Å². The van der Waals surface area contributed by atoms with Gasteiger partial charge in [0.05, 0.1) is 7.11 Å². The Labute approximate surface area is 133 Å². The van der Waals surface area contributed by atoms with Gasteiger partial charge in [0.25, 0.3) is 0 Å². The van der Waals surface area contributed by atoms with E-state index < -0.39 is 0 Å². The number of methoxy groups -OCH3 is 1. The number of aromatic nitrogens is 2. The molecule has 0 radical (unpaired) electrons. The second-order valence-electron chi connectivity index (χ2n) is 7.32. The van der Waals surface area contributed by atoms with Crippen LogP contribution in [0.5, 0.6) is 5.88 Å². The van der Waals surface area contributed by atoms with Crippen molar-refractivity contribution in [2.24, 2.45) is 11.3 Å². The summed E-state index contributed by atoms with van der Waals surface area (Å²) in [5.41, 5.74) is 0.450. The van der Waals surface area contributed by atoms with E-state index >= 15 is 0 Å². The number of piperidine rings is 1. The zero-order valence-corrected chi connectivity index (χ0v) is 14.1. The summed E-state index contributed by atoms with van der Waals surface area (Å²) >= 11 is 0. The lowest BCUT2D eigenvalue weighted by Gasteiger charge is -2.41. The molecule has 0 bridgehead atoms. The maximum Gasteiger partial charge on any atom is 0.218 e. The summed E-state index contributed by atoms with van der Waals surface area (Å²) in [7, 11) is 1.66. The maximum atomic E-state index is 5.24. The third kappa shape index (κ3) is 3.35. The van der Waals surface area contributed by atoms with Crippen LogP contribution in [0.1, 0.15) is 33.1 Å². The van der Waals surface area contributed by atoms with Crippen LogP contribution >= 0.6 is 0 Å². The molecule has 1 unspecified atom stereocenters. The first-order valence-corrected chi connectivity index (χ1v) is 8.44. The van der Waals surface area contributed by atoms with Crippen LogP contribution < -0.4 is 9.64 Å². The molecule has 0 aliphatic carbocycles. The number of hydrogen-bond acceptors (Lipinski definition) is 5. The first-order valence-electron chi connectivity index (χ1n) is 8.44. The predicted octanol–water partition coefficient (Wildman–Crippen LogP) is 2.43. The Balaban J connectivity index is 1.69. The number of anilines is 1. The van der Waals surface area contributed by atoms with Crippen molar-refractivity contribution < 1.29 is 4.74 Å². The van der Waals surface area contributed by atoms with Crippen LogP contribution in [0, 0.1) is 11.3 Å². The highest BCUT2D eigenvalue weighted by atomic mass is 16.5. The van der Waals surface area contributed by atoms with E-state index in [0.29, 0.717) is 11.3 Å². The molecule has 2 aliphatic rings. The van der Waals surface area contributed by atoms with E-state index in [1.807, 2.05) is 6.07 Å². The summed E-state index contributed by atoms with van der Waals surface area (Å²) in [5.74, 6) is 2.41. The minimum Gasteiger partial charge on any atom is -0.481 e. The summed E-state index contributed by atoms with van der Waals surface area (Å²) in [6.07, 6.45) is 5.52. The van der Waals surface area contributed by atoms with Gasteiger partial charge in [0.1, 0.15) is 12.1 Å². The van der Waals surface area contributed by atoms with Gasteiger partial charge in [-0.25, -0.2) is 9.97 Å². The Morgan fingerprint density at radius 1 is 1.23 bits per heavy atom. The van der Waals surface area contributed by atoms with Crippen molar-refractivity contribution >= 4 is 5.82 Å². The zero-order valence-electron chi connectivity index (χ0n) is 14.1. The smallest absolute Gasteiger partial charge is 0.218 e. The van der Waals surface area contributed by atoms with E-state index in [9.17, 15) is 0 Å². The number of nitrogens with zero attached hydrogens (tertiary/aromatic N) is 4. The van der Waals surface area contributed by atoms with E-state index in [2.05, 4.69) is 33.6 Å². The van der Waals surface area contributed by atoms with Crippen LogP contribution in [0.25, 0.3) is 0 Å². The average Bonchev–Trinajstić information content (AvgIpc) is 2.88. The lowest BCUT2D eigenvalue weighted by molar-refractivity contribution is 0.209. The van der Waals surface area contributed by atoms with Crippen molar-refractivity contribution in [2.45, 2.75) is 33.1 Å². The van der Waals surface area contributed by atoms with E-state index in [1.165, 1.54) is 38.9 Å². The number of ether oxygens (including phenoxy) is 1. The fourth-order valence-electron chi connectivity index (χ4n) is 4.05. The molecule has 1 aromatic rings. The second kappa shape index (κ2) is 6.41. The Kier molecular flexibility index (Phi) is 4.52. The van der Waals surface area contributed by atoms with Crippen molar-refractivity contribution in [1.29, 1.82) is 0 Å². The lowest BCUT2D eigenvalue weighted by atomic mass is 9.79. The molecule has 3 rings (SSSR count). The van der Waals surface area contributed by atoms with Gasteiger partial charge in [-0.15, -0.1) is 0 Å². The summed E-state index contributed by atoms with van der Waals surface area (Å²) in [4.78, 5) is 13.6. The minimum atomic E-state index is 0.450. The molecular formula is C17H28N4O. The van der Waals surface area contributed by atoms with E-state index in [0.717, 1.165) is 24.8 Å². The van der Waals surface area contributed by atoms with Gasteiger partial charge in [0.2, 0.25) is 5.88 Å². The molecule has 2 aliphatic heterocycles. The quantitative estimate of drug-likeness (QED) is 0.854. The molecule has 2 fully saturated rings. The molecule has 1 atom stereocenters. The molecule has 2 saturated heterocycles. The predicted molar refractivity (Wildman–Crippen MR) is 88.4 cm³/mol. The molecule has 0 aromatic carbocycles. The van der Waals surface area contributed by atoms with Crippen molar-refractivity contribution in [2.75, 3.05) is 44.7 Å². The Morgan fingerprint density at radius 2 is 2.09 bits per heavy atom. The summed E-state index contributed by atoms with van der Waals surface area (Å²) in [5, 5.41) is 0. The van der Waals surface area contributed by atoms with Crippen LogP contribution in [-0.2, 0) is 0 Å². The molecule has 1 spiro atoms. The fourth-order valence-corrected chi connectivity index (χ4v) is 4.05. The highest BCUT2D eigenvalue weighted by Crippen LogP contribution is 2.40. The Bertz CT molecular complexity index is 507. The van der Waals surface area contributed by atoms with Crippen LogP contribution in [0.15, 0.2) is 12.4 Å². The molecule has 5 heteroatoms.